The predicted molar refractivity (Wildman–Crippen MR) is 233 cm³/mol. The molecule has 0 amide bonds. The highest BCUT2D eigenvalue weighted by atomic mass is 32.1. The average molecular weight is 703 g/mol. The second-order valence-corrected chi connectivity index (χ2v) is 15.5. The van der Waals surface area contributed by atoms with Crippen molar-refractivity contribution < 1.29 is 4.42 Å². The van der Waals surface area contributed by atoms with E-state index in [1.807, 2.05) is 17.4 Å². The van der Waals surface area contributed by atoms with Crippen LogP contribution in [0.15, 0.2) is 186 Å². The zero-order valence-electron chi connectivity index (χ0n) is 29.1. The van der Waals surface area contributed by atoms with E-state index in [1.54, 1.807) is 0 Å². The molecule has 10 aromatic carbocycles. The van der Waals surface area contributed by atoms with E-state index < -0.39 is 0 Å². The minimum atomic E-state index is 0.936. The lowest BCUT2D eigenvalue weighted by Gasteiger charge is -2.18. The second-order valence-electron chi connectivity index (χ2n) is 14.4. The number of furan rings is 1. The van der Waals surface area contributed by atoms with E-state index in [0.29, 0.717) is 0 Å². The fraction of sp³-hybridized carbons (Fsp3) is 0. The van der Waals surface area contributed by atoms with E-state index in [4.69, 9.17) is 4.42 Å². The Kier molecular flexibility index (Phi) is 6.28. The van der Waals surface area contributed by atoms with Gasteiger partial charge in [0.2, 0.25) is 0 Å². The predicted octanol–water partition coefficient (Wildman–Crippen LogP) is 15.6. The maximum absolute atomic E-state index is 6.22. The van der Waals surface area contributed by atoms with Crippen molar-refractivity contribution in [2.45, 2.75) is 0 Å². The van der Waals surface area contributed by atoms with Crippen molar-refractivity contribution in [1.82, 2.24) is 0 Å². The van der Waals surface area contributed by atoms with Crippen LogP contribution in [-0.2, 0) is 0 Å². The lowest BCUT2D eigenvalue weighted by molar-refractivity contribution is 0.669. The normalized spacial score (nSPS) is 12.1. The van der Waals surface area contributed by atoms with Gasteiger partial charge in [0.15, 0.2) is 0 Å². The molecule has 0 aliphatic heterocycles. The van der Waals surface area contributed by atoms with Crippen LogP contribution in [0.5, 0.6) is 0 Å². The fourth-order valence-corrected chi connectivity index (χ4v) is 10.2. The molecule has 2 heteroatoms. The summed E-state index contributed by atoms with van der Waals surface area (Å²) in [6.45, 7) is 0. The van der Waals surface area contributed by atoms with Gasteiger partial charge in [0, 0.05) is 30.9 Å². The molecule has 0 saturated carbocycles. The highest BCUT2D eigenvalue weighted by Gasteiger charge is 2.18. The molecule has 0 spiro atoms. The van der Waals surface area contributed by atoms with Crippen molar-refractivity contribution >= 4 is 96.5 Å². The molecule has 0 aliphatic carbocycles. The highest BCUT2D eigenvalue weighted by molar-refractivity contribution is 7.26. The van der Waals surface area contributed by atoms with Crippen molar-refractivity contribution in [3.8, 4) is 33.4 Å². The van der Waals surface area contributed by atoms with Crippen LogP contribution in [0.4, 0.5) is 0 Å². The summed E-state index contributed by atoms with van der Waals surface area (Å²) in [4.78, 5) is 0. The Morgan fingerprint density at radius 1 is 0.296 bits per heavy atom. The molecule has 0 fully saturated rings. The van der Waals surface area contributed by atoms with Gasteiger partial charge in [-0.2, -0.15) is 0 Å². The summed E-state index contributed by atoms with van der Waals surface area (Å²) in [5.74, 6) is 0. The zero-order valence-corrected chi connectivity index (χ0v) is 30.0. The molecule has 0 unspecified atom stereocenters. The molecule has 0 aliphatic rings. The molecular weight excluding hydrogens is 673 g/mol. The van der Waals surface area contributed by atoms with E-state index in [-0.39, 0.29) is 0 Å². The van der Waals surface area contributed by atoms with Crippen LogP contribution in [-0.4, -0.2) is 0 Å². The van der Waals surface area contributed by atoms with Crippen LogP contribution < -0.4 is 0 Å². The van der Waals surface area contributed by atoms with Gasteiger partial charge in [0.1, 0.15) is 11.2 Å². The lowest BCUT2D eigenvalue weighted by Crippen LogP contribution is -1.90. The van der Waals surface area contributed by atoms with Crippen LogP contribution >= 0.6 is 11.3 Å². The number of thiophene rings is 1. The Balaban J connectivity index is 0.977. The Morgan fingerprint density at radius 3 is 1.57 bits per heavy atom. The first-order valence-corrected chi connectivity index (χ1v) is 19.3. The van der Waals surface area contributed by atoms with Gasteiger partial charge in [-0.1, -0.05) is 140 Å². The molecule has 2 heterocycles. The summed E-state index contributed by atoms with van der Waals surface area (Å²) in [5, 5.41) is 15.1. The van der Waals surface area contributed by atoms with E-state index in [0.717, 1.165) is 11.2 Å². The Morgan fingerprint density at radius 2 is 0.833 bits per heavy atom. The zero-order chi connectivity index (χ0) is 35.3. The topological polar surface area (TPSA) is 13.1 Å². The molecule has 0 saturated heterocycles. The number of para-hydroxylation sites is 1. The quantitative estimate of drug-likeness (QED) is 0.167. The van der Waals surface area contributed by atoms with Gasteiger partial charge >= 0.3 is 0 Å². The van der Waals surface area contributed by atoms with Crippen molar-refractivity contribution in [3.63, 3.8) is 0 Å². The minimum Gasteiger partial charge on any atom is -0.456 e. The highest BCUT2D eigenvalue weighted by Crippen LogP contribution is 2.46. The number of fused-ring (bicyclic) bond motifs is 12. The van der Waals surface area contributed by atoms with Gasteiger partial charge in [-0.3, -0.25) is 0 Å². The molecule has 2 aromatic heterocycles. The van der Waals surface area contributed by atoms with E-state index in [9.17, 15) is 0 Å². The van der Waals surface area contributed by atoms with Crippen molar-refractivity contribution in [2.24, 2.45) is 0 Å². The summed E-state index contributed by atoms with van der Waals surface area (Å²) in [7, 11) is 0. The molecule has 0 atom stereocenters. The molecule has 0 radical (unpaired) electrons. The third kappa shape index (κ3) is 4.32. The molecule has 12 aromatic rings. The van der Waals surface area contributed by atoms with Gasteiger partial charge in [-0.15, -0.1) is 11.3 Å². The molecule has 54 heavy (non-hydrogen) atoms. The summed E-state index contributed by atoms with van der Waals surface area (Å²) >= 11 is 1.88. The van der Waals surface area contributed by atoms with Crippen LogP contribution in [0.25, 0.3) is 119 Å². The average Bonchev–Trinajstić information content (AvgIpc) is 3.81. The van der Waals surface area contributed by atoms with Crippen LogP contribution in [0, 0.1) is 0 Å². The third-order valence-corrected chi connectivity index (χ3v) is 12.5. The first kappa shape index (κ1) is 29.8. The number of rotatable bonds is 3. The van der Waals surface area contributed by atoms with Crippen molar-refractivity contribution in [3.05, 3.63) is 182 Å². The minimum absolute atomic E-state index is 0.936. The van der Waals surface area contributed by atoms with Crippen LogP contribution in [0.2, 0.25) is 0 Å². The Labute approximate surface area is 314 Å². The second kappa shape index (κ2) is 11.4. The maximum atomic E-state index is 6.22. The van der Waals surface area contributed by atoms with Gasteiger partial charge in [0.25, 0.3) is 0 Å². The number of hydrogen-bond acceptors (Lipinski definition) is 2. The Hall–Kier alpha value is -6.74. The Bertz CT molecular complexity index is 3440. The monoisotopic (exact) mass is 702 g/mol. The first-order chi connectivity index (χ1) is 26.8. The van der Waals surface area contributed by atoms with Gasteiger partial charge in [-0.25, -0.2) is 0 Å². The first-order valence-electron chi connectivity index (χ1n) is 18.5. The molecule has 12 rings (SSSR count). The van der Waals surface area contributed by atoms with Gasteiger partial charge < -0.3 is 4.42 Å². The van der Waals surface area contributed by atoms with E-state index in [2.05, 4.69) is 176 Å². The van der Waals surface area contributed by atoms with E-state index >= 15 is 0 Å². The largest absolute Gasteiger partial charge is 0.456 e. The standard InChI is InChI=1S/C52H30OS/c1-2-10-31(11-3-1)49-37-12-4-6-14-39(37)50(40-15-7-5-13-38(40)49)36-21-20-32-28-33(18-19-34(32)29-36)35-22-23-44-48(30-35)54-47-27-25-41-42(52(44)47)24-26-46-51(41)43-16-8-9-17-45(43)53-46/h1-30H. The maximum Gasteiger partial charge on any atom is 0.136 e. The summed E-state index contributed by atoms with van der Waals surface area (Å²) in [6, 6.07) is 66.8. The summed E-state index contributed by atoms with van der Waals surface area (Å²) in [5.41, 5.74) is 9.41. The number of hydrogen-bond donors (Lipinski definition) is 0. The van der Waals surface area contributed by atoms with E-state index in [1.165, 1.54) is 107 Å². The summed E-state index contributed by atoms with van der Waals surface area (Å²) in [6.07, 6.45) is 0. The molecular formula is C52H30OS. The van der Waals surface area contributed by atoms with Gasteiger partial charge in [0.05, 0.1) is 0 Å². The smallest absolute Gasteiger partial charge is 0.136 e. The SMILES string of the molecule is c1ccc(-c2c3ccccc3c(-c3ccc4cc(-c5ccc6c(c5)sc5ccc7c(ccc8oc9ccccc9c87)c56)ccc4c3)c3ccccc23)cc1. The lowest BCUT2D eigenvalue weighted by atomic mass is 9.85. The van der Waals surface area contributed by atoms with Crippen LogP contribution in [0.3, 0.4) is 0 Å². The molecule has 1 nitrogen and oxygen atoms in total. The van der Waals surface area contributed by atoms with Gasteiger partial charge in [-0.05, 0) is 119 Å². The third-order valence-electron chi connectivity index (χ3n) is 11.4. The number of benzene rings is 10. The van der Waals surface area contributed by atoms with Crippen molar-refractivity contribution in [1.29, 1.82) is 0 Å². The molecule has 250 valence electrons. The van der Waals surface area contributed by atoms with Crippen LogP contribution in [0.1, 0.15) is 0 Å². The summed E-state index contributed by atoms with van der Waals surface area (Å²) < 4.78 is 8.84. The fourth-order valence-electron chi connectivity index (χ4n) is 9.02. The molecule has 0 N–H and O–H groups in total. The van der Waals surface area contributed by atoms with Crippen molar-refractivity contribution in [2.75, 3.05) is 0 Å². The molecule has 0 bridgehead atoms.